The smallest absolute Gasteiger partial charge is 0.234 e. The van der Waals surface area contributed by atoms with E-state index in [0.29, 0.717) is 11.3 Å². The first-order valence-electron chi connectivity index (χ1n) is 4.13. The monoisotopic (exact) mass is 268 g/mol. The third kappa shape index (κ3) is 3.89. The van der Waals surface area contributed by atoms with Crippen molar-refractivity contribution in [2.24, 2.45) is 0 Å². The highest BCUT2D eigenvalue weighted by Crippen LogP contribution is 2.30. The van der Waals surface area contributed by atoms with E-state index in [4.69, 9.17) is 27.0 Å². The fraction of sp³-hybridized carbons (Fsp3) is 0.333. The summed E-state index contributed by atoms with van der Waals surface area (Å²) in [6.45, 7) is 0. The summed E-state index contributed by atoms with van der Waals surface area (Å²) in [5, 5.41) is -0.705. The number of hydrogen-bond donors (Lipinski definition) is 0. The molecule has 0 spiro atoms. The van der Waals surface area contributed by atoms with E-state index in [1.807, 2.05) is 0 Å². The molecule has 1 aromatic rings. The van der Waals surface area contributed by atoms with Crippen LogP contribution in [0.15, 0.2) is 24.3 Å². The second-order valence-electron chi connectivity index (χ2n) is 2.91. The van der Waals surface area contributed by atoms with Gasteiger partial charge in [0.05, 0.1) is 18.2 Å². The maximum absolute atomic E-state index is 10.9. The van der Waals surface area contributed by atoms with Crippen LogP contribution in [-0.4, -0.2) is 21.3 Å². The number of benzene rings is 1. The van der Waals surface area contributed by atoms with E-state index in [0.717, 1.165) is 0 Å². The number of halogens is 2. The molecule has 0 aliphatic rings. The molecular formula is C9H10Cl2O3S. The minimum Gasteiger partial charge on any atom is -0.496 e. The predicted octanol–water partition coefficient (Wildman–Crippen LogP) is 2.54. The quantitative estimate of drug-likeness (QED) is 0.623. The van der Waals surface area contributed by atoms with E-state index in [1.54, 1.807) is 24.3 Å². The van der Waals surface area contributed by atoms with Gasteiger partial charge in [-0.25, -0.2) is 8.42 Å². The Morgan fingerprint density at radius 2 is 2.00 bits per heavy atom. The van der Waals surface area contributed by atoms with Gasteiger partial charge in [0.15, 0.2) is 0 Å². The molecule has 0 N–H and O–H groups in total. The summed E-state index contributed by atoms with van der Waals surface area (Å²) in [7, 11) is 3.01. The van der Waals surface area contributed by atoms with E-state index < -0.39 is 14.4 Å². The number of ether oxygens (including phenoxy) is 1. The molecule has 1 rings (SSSR count). The summed E-state index contributed by atoms with van der Waals surface area (Å²) in [5.74, 6) is 0.231. The highest BCUT2D eigenvalue weighted by Gasteiger charge is 2.19. The van der Waals surface area contributed by atoms with E-state index >= 15 is 0 Å². The van der Waals surface area contributed by atoms with E-state index in [-0.39, 0.29) is 5.75 Å². The molecule has 0 radical (unpaired) electrons. The van der Waals surface area contributed by atoms with Gasteiger partial charge in [-0.1, -0.05) is 18.2 Å². The largest absolute Gasteiger partial charge is 0.496 e. The van der Waals surface area contributed by atoms with Crippen molar-refractivity contribution in [1.82, 2.24) is 0 Å². The van der Waals surface area contributed by atoms with Crippen LogP contribution in [0.2, 0.25) is 0 Å². The Kier molecular flexibility index (Phi) is 4.25. The maximum atomic E-state index is 10.9. The predicted molar refractivity (Wildman–Crippen MR) is 61.2 cm³/mol. The average molecular weight is 269 g/mol. The first-order valence-corrected chi connectivity index (χ1v) is 7.05. The Balaban J connectivity index is 2.95. The Morgan fingerprint density at radius 3 is 2.53 bits per heavy atom. The van der Waals surface area contributed by atoms with Gasteiger partial charge in [-0.2, -0.15) is 0 Å². The third-order valence-electron chi connectivity index (χ3n) is 1.82. The van der Waals surface area contributed by atoms with Crippen LogP contribution in [0.4, 0.5) is 0 Å². The van der Waals surface area contributed by atoms with Crippen LogP contribution in [0, 0.1) is 0 Å². The fourth-order valence-corrected chi connectivity index (χ4v) is 2.97. The zero-order chi connectivity index (χ0) is 11.5. The van der Waals surface area contributed by atoms with Gasteiger partial charge in [0.1, 0.15) is 5.75 Å². The van der Waals surface area contributed by atoms with Crippen LogP contribution in [0.3, 0.4) is 0 Å². The molecule has 0 aliphatic carbocycles. The van der Waals surface area contributed by atoms with Gasteiger partial charge in [0.2, 0.25) is 9.05 Å². The highest BCUT2D eigenvalue weighted by molar-refractivity contribution is 8.13. The fourth-order valence-electron chi connectivity index (χ4n) is 1.19. The minimum absolute atomic E-state index is 0.323. The molecule has 0 fully saturated rings. The lowest BCUT2D eigenvalue weighted by atomic mass is 10.1. The molecule has 0 amide bonds. The van der Waals surface area contributed by atoms with Gasteiger partial charge in [0, 0.05) is 16.2 Å². The molecule has 15 heavy (non-hydrogen) atoms. The summed E-state index contributed by atoms with van der Waals surface area (Å²) in [5.41, 5.74) is 0.617. The molecule has 6 heteroatoms. The van der Waals surface area contributed by atoms with Crippen molar-refractivity contribution in [3.05, 3.63) is 29.8 Å². The van der Waals surface area contributed by atoms with Crippen LogP contribution in [0.1, 0.15) is 10.9 Å². The lowest BCUT2D eigenvalue weighted by Crippen LogP contribution is -2.06. The number of para-hydroxylation sites is 1. The van der Waals surface area contributed by atoms with E-state index in [2.05, 4.69) is 0 Å². The Labute approximate surface area is 98.4 Å². The molecule has 1 unspecified atom stereocenters. The molecular weight excluding hydrogens is 259 g/mol. The van der Waals surface area contributed by atoms with Crippen molar-refractivity contribution >= 4 is 31.3 Å². The number of rotatable bonds is 4. The SMILES string of the molecule is COc1ccccc1C(Cl)CS(=O)(=O)Cl. The van der Waals surface area contributed by atoms with Gasteiger partial charge < -0.3 is 4.74 Å². The number of alkyl halides is 1. The van der Waals surface area contributed by atoms with E-state index in [1.165, 1.54) is 7.11 Å². The Bertz CT molecular complexity index is 431. The molecule has 0 saturated heterocycles. The van der Waals surface area contributed by atoms with Gasteiger partial charge in [-0.15, -0.1) is 11.6 Å². The summed E-state index contributed by atoms with van der Waals surface area (Å²) in [6, 6.07) is 6.96. The van der Waals surface area contributed by atoms with Crippen molar-refractivity contribution < 1.29 is 13.2 Å². The molecule has 0 saturated carbocycles. The lowest BCUT2D eigenvalue weighted by molar-refractivity contribution is 0.409. The van der Waals surface area contributed by atoms with Crippen LogP contribution in [0.5, 0.6) is 5.75 Å². The topological polar surface area (TPSA) is 43.4 Å². The van der Waals surface area contributed by atoms with Gasteiger partial charge in [-0.05, 0) is 6.07 Å². The highest BCUT2D eigenvalue weighted by atomic mass is 35.7. The Morgan fingerprint density at radius 1 is 1.40 bits per heavy atom. The number of hydrogen-bond acceptors (Lipinski definition) is 3. The molecule has 84 valence electrons. The van der Waals surface area contributed by atoms with Gasteiger partial charge in [-0.3, -0.25) is 0 Å². The third-order valence-corrected chi connectivity index (χ3v) is 3.50. The first-order chi connectivity index (χ1) is 6.94. The zero-order valence-corrected chi connectivity index (χ0v) is 10.3. The summed E-state index contributed by atoms with van der Waals surface area (Å²) in [6.07, 6.45) is 0. The summed E-state index contributed by atoms with van der Waals surface area (Å²) < 4.78 is 26.8. The van der Waals surface area contributed by atoms with Crippen molar-refractivity contribution in [2.45, 2.75) is 5.38 Å². The van der Waals surface area contributed by atoms with Gasteiger partial charge >= 0.3 is 0 Å². The standard InChI is InChI=1S/C9H10Cl2O3S/c1-14-9-5-3-2-4-7(9)8(10)6-15(11,12)13/h2-5,8H,6H2,1H3. The van der Waals surface area contributed by atoms with Crippen LogP contribution >= 0.6 is 22.3 Å². The van der Waals surface area contributed by atoms with E-state index in [9.17, 15) is 8.42 Å². The second kappa shape index (κ2) is 5.05. The number of methoxy groups -OCH3 is 1. The van der Waals surface area contributed by atoms with Crippen LogP contribution in [-0.2, 0) is 9.05 Å². The molecule has 3 nitrogen and oxygen atoms in total. The van der Waals surface area contributed by atoms with Crippen molar-refractivity contribution in [2.75, 3.05) is 12.9 Å². The minimum atomic E-state index is -3.61. The molecule has 0 bridgehead atoms. The molecule has 0 aliphatic heterocycles. The lowest BCUT2D eigenvalue weighted by Gasteiger charge is -2.11. The van der Waals surface area contributed by atoms with Gasteiger partial charge in [0.25, 0.3) is 0 Å². The van der Waals surface area contributed by atoms with Crippen LogP contribution < -0.4 is 4.74 Å². The normalized spacial score (nSPS) is 13.5. The first kappa shape index (κ1) is 12.6. The van der Waals surface area contributed by atoms with Crippen molar-refractivity contribution in [3.63, 3.8) is 0 Å². The van der Waals surface area contributed by atoms with Crippen molar-refractivity contribution in [3.8, 4) is 5.75 Å². The summed E-state index contributed by atoms with van der Waals surface area (Å²) >= 11 is 5.93. The van der Waals surface area contributed by atoms with Crippen molar-refractivity contribution in [1.29, 1.82) is 0 Å². The zero-order valence-electron chi connectivity index (χ0n) is 7.98. The molecule has 1 aromatic carbocycles. The van der Waals surface area contributed by atoms with Crippen LogP contribution in [0.25, 0.3) is 0 Å². The Hall–Kier alpha value is -0.450. The molecule has 0 heterocycles. The maximum Gasteiger partial charge on any atom is 0.234 e. The molecule has 0 aromatic heterocycles. The second-order valence-corrected chi connectivity index (χ2v) is 6.26. The average Bonchev–Trinajstić information content (AvgIpc) is 2.15. The summed E-state index contributed by atoms with van der Waals surface area (Å²) in [4.78, 5) is 0. The molecule has 1 atom stereocenters.